The summed E-state index contributed by atoms with van der Waals surface area (Å²) in [4.78, 5) is 4.40. The van der Waals surface area contributed by atoms with E-state index in [2.05, 4.69) is 23.3 Å². The number of hydrogen-bond donors (Lipinski definition) is 1. The molecule has 2 heterocycles. The zero-order valence-corrected chi connectivity index (χ0v) is 9.00. The lowest BCUT2D eigenvalue weighted by molar-refractivity contribution is 0.323. The largest absolute Gasteiger partial charge is 0.317 e. The molecule has 1 fully saturated rings. The smallest absolute Gasteiger partial charge is 0.0452 e. The van der Waals surface area contributed by atoms with Crippen LogP contribution in [-0.2, 0) is 0 Å². The molecule has 2 aliphatic rings. The molecule has 0 bridgehead atoms. The highest BCUT2D eigenvalue weighted by atomic mass is 14.9. The number of nitrogens with zero attached hydrogens (tertiary/aromatic N) is 1. The van der Waals surface area contributed by atoms with Crippen LogP contribution < -0.4 is 5.32 Å². The van der Waals surface area contributed by atoms with Crippen LogP contribution in [-0.4, -0.2) is 25.8 Å². The molecule has 1 unspecified atom stereocenters. The highest BCUT2D eigenvalue weighted by Crippen LogP contribution is 2.24. The molecule has 2 nitrogen and oxygen atoms in total. The van der Waals surface area contributed by atoms with Crippen molar-refractivity contribution in [3.05, 3.63) is 11.6 Å². The molecule has 0 aliphatic carbocycles. The number of nitrogens with one attached hydrogen (secondary N) is 1. The monoisotopic (exact) mass is 192 g/mol. The van der Waals surface area contributed by atoms with E-state index in [9.17, 15) is 0 Å². The van der Waals surface area contributed by atoms with E-state index < -0.39 is 0 Å². The Labute approximate surface area is 86.5 Å². The van der Waals surface area contributed by atoms with Crippen molar-refractivity contribution in [1.29, 1.82) is 0 Å². The first-order chi connectivity index (χ1) is 6.84. The maximum Gasteiger partial charge on any atom is 0.0452 e. The molecular weight excluding hydrogens is 172 g/mol. The van der Waals surface area contributed by atoms with Gasteiger partial charge in [0.05, 0.1) is 0 Å². The first kappa shape index (κ1) is 9.91. The van der Waals surface area contributed by atoms with E-state index in [0.29, 0.717) is 5.92 Å². The number of piperidine rings is 1. The number of hydrogen-bond acceptors (Lipinski definition) is 2. The second-order valence-electron chi connectivity index (χ2n) is 4.59. The molecule has 14 heavy (non-hydrogen) atoms. The van der Waals surface area contributed by atoms with E-state index >= 15 is 0 Å². The van der Waals surface area contributed by atoms with Gasteiger partial charge in [0, 0.05) is 12.8 Å². The van der Waals surface area contributed by atoms with Crippen LogP contribution >= 0.6 is 0 Å². The van der Waals surface area contributed by atoms with Crippen molar-refractivity contribution in [2.45, 2.75) is 26.2 Å². The standard InChI is InChI=1S/C12H20N2/c1-10-6-12(9-14-8-10)7-11-2-4-13-5-3-11/h6,8,11-13H,2-5,7,9H2,1H3. The van der Waals surface area contributed by atoms with E-state index in [0.717, 1.165) is 12.5 Å². The third-order valence-corrected chi connectivity index (χ3v) is 3.23. The van der Waals surface area contributed by atoms with Crippen LogP contribution in [0.1, 0.15) is 26.2 Å². The van der Waals surface area contributed by atoms with Gasteiger partial charge < -0.3 is 5.32 Å². The molecule has 0 spiro atoms. The van der Waals surface area contributed by atoms with Gasteiger partial charge in [-0.15, -0.1) is 0 Å². The molecule has 1 saturated heterocycles. The predicted octanol–water partition coefficient (Wildman–Crippen LogP) is 2.02. The summed E-state index contributed by atoms with van der Waals surface area (Å²) in [5.41, 5.74) is 1.34. The third-order valence-electron chi connectivity index (χ3n) is 3.23. The quantitative estimate of drug-likeness (QED) is 0.711. The van der Waals surface area contributed by atoms with Crippen molar-refractivity contribution < 1.29 is 0 Å². The minimum Gasteiger partial charge on any atom is -0.317 e. The molecule has 2 rings (SSSR count). The van der Waals surface area contributed by atoms with Gasteiger partial charge in [0.1, 0.15) is 0 Å². The van der Waals surface area contributed by atoms with Crippen molar-refractivity contribution in [3.8, 4) is 0 Å². The normalized spacial score (nSPS) is 28.9. The lowest BCUT2D eigenvalue weighted by atomic mass is 9.86. The van der Waals surface area contributed by atoms with Gasteiger partial charge in [-0.25, -0.2) is 0 Å². The van der Waals surface area contributed by atoms with Gasteiger partial charge in [0.15, 0.2) is 0 Å². The van der Waals surface area contributed by atoms with E-state index in [1.165, 1.54) is 37.9 Å². The molecule has 2 aliphatic heterocycles. The topological polar surface area (TPSA) is 24.4 Å². The Kier molecular flexibility index (Phi) is 3.35. The Balaban J connectivity index is 1.82. The number of dihydropyridines is 1. The zero-order valence-electron chi connectivity index (χ0n) is 9.00. The number of allylic oxidation sites excluding steroid dienone is 1. The van der Waals surface area contributed by atoms with Gasteiger partial charge in [-0.2, -0.15) is 0 Å². The molecule has 2 heteroatoms. The van der Waals surface area contributed by atoms with E-state index in [1.807, 2.05) is 6.21 Å². The summed E-state index contributed by atoms with van der Waals surface area (Å²) in [5.74, 6) is 1.64. The second-order valence-corrected chi connectivity index (χ2v) is 4.59. The van der Waals surface area contributed by atoms with Crippen molar-refractivity contribution in [1.82, 2.24) is 5.32 Å². The molecular formula is C12H20N2. The van der Waals surface area contributed by atoms with Gasteiger partial charge in [-0.05, 0) is 56.7 Å². The van der Waals surface area contributed by atoms with Gasteiger partial charge >= 0.3 is 0 Å². The molecule has 0 aromatic rings. The van der Waals surface area contributed by atoms with Crippen LogP contribution in [0.4, 0.5) is 0 Å². The Morgan fingerprint density at radius 2 is 2.21 bits per heavy atom. The van der Waals surface area contributed by atoms with Gasteiger partial charge in [-0.3, -0.25) is 4.99 Å². The fourth-order valence-electron chi connectivity index (χ4n) is 2.49. The molecule has 0 radical (unpaired) electrons. The van der Waals surface area contributed by atoms with Gasteiger partial charge in [-0.1, -0.05) is 6.08 Å². The fraction of sp³-hybridized carbons (Fsp3) is 0.750. The minimum absolute atomic E-state index is 0.711. The van der Waals surface area contributed by atoms with Crippen LogP contribution in [0.15, 0.2) is 16.6 Å². The van der Waals surface area contributed by atoms with Crippen LogP contribution in [0.2, 0.25) is 0 Å². The summed E-state index contributed by atoms with van der Waals surface area (Å²) in [6, 6.07) is 0. The Morgan fingerprint density at radius 1 is 1.43 bits per heavy atom. The maximum absolute atomic E-state index is 4.40. The highest BCUT2D eigenvalue weighted by Gasteiger charge is 2.18. The lowest BCUT2D eigenvalue weighted by Crippen LogP contribution is -2.29. The molecule has 0 saturated carbocycles. The summed E-state index contributed by atoms with van der Waals surface area (Å²) >= 11 is 0. The minimum atomic E-state index is 0.711. The van der Waals surface area contributed by atoms with E-state index in [-0.39, 0.29) is 0 Å². The van der Waals surface area contributed by atoms with Crippen molar-refractivity contribution in [3.63, 3.8) is 0 Å². The van der Waals surface area contributed by atoms with Crippen LogP contribution in [0, 0.1) is 11.8 Å². The van der Waals surface area contributed by atoms with Crippen molar-refractivity contribution in [2.24, 2.45) is 16.8 Å². The highest BCUT2D eigenvalue weighted by molar-refractivity contribution is 5.78. The Bertz CT molecular complexity index is 237. The zero-order chi connectivity index (χ0) is 9.80. The number of aliphatic imine (C=N–C) groups is 1. The summed E-state index contributed by atoms with van der Waals surface area (Å²) in [6.45, 7) is 5.59. The van der Waals surface area contributed by atoms with E-state index in [4.69, 9.17) is 0 Å². The van der Waals surface area contributed by atoms with Crippen molar-refractivity contribution in [2.75, 3.05) is 19.6 Å². The average molecular weight is 192 g/mol. The van der Waals surface area contributed by atoms with Gasteiger partial charge in [0.25, 0.3) is 0 Å². The lowest BCUT2D eigenvalue weighted by Gasteiger charge is -2.26. The molecule has 0 aromatic heterocycles. The molecule has 78 valence electrons. The van der Waals surface area contributed by atoms with Crippen LogP contribution in [0.5, 0.6) is 0 Å². The maximum atomic E-state index is 4.40. The fourth-order valence-corrected chi connectivity index (χ4v) is 2.49. The number of rotatable bonds is 2. The van der Waals surface area contributed by atoms with Crippen molar-refractivity contribution >= 4 is 6.21 Å². The first-order valence-electron chi connectivity index (χ1n) is 5.73. The average Bonchev–Trinajstić information content (AvgIpc) is 2.19. The summed E-state index contributed by atoms with van der Waals surface area (Å²) in [7, 11) is 0. The molecule has 0 amide bonds. The molecule has 0 aromatic carbocycles. The Morgan fingerprint density at radius 3 is 2.93 bits per heavy atom. The summed E-state index contributed by atoms with van der Waals surface area (Å²) < 4.78 is 0. The third kappa shape index (κ3) is 2.68. The Hall–Kier alpha value is -0.630. The second kappa shape index (κ2) is 4.74. The first-order valence-corrected chi connectivity index (χ1v) is 5.73. The SMILES string of the molecule is CC1=CC(CC2CCNCC2)CN=C1. The van der Waals surface area contributed by atoms with Crippen LogP contribution in [0.3, 0.4) is 0 Å². The van der Waals surface area contributed by atoms with Crippen LogP contribution in [0.25, 0.3) is 0 Å². The van der Waals surface area contributed by atoms with Gasteiger partial charge in [0.2, 0.25) is 0 Å². The molecule has 1 atom stereocenters. The summed E-state index contributed by atoms with van der Waals surface area (Å²) in [5, 5.41) is 3.42. The van der Waals surface area contributed by atoms with E-state index in [1.54, 1.807) is 0 Å². The molecule has 1 N–H and O–H groups in total. The summed E-state index contributed by atoms with van der Waals surface area (Å²) in [6.07, 6.45) is 8.45. The predicted molar refractivity (Wildman–Crippen MR) is 60.8 cm³/mol.